The Morgan fingerprint density at radius 3 is 2.95 bits per heavy atom. The zero-order valence-corrected chi connectivity index (χ0v) is 13.7. The maximum Gasteiger partial charge on any atom is 0.142 e. The number of nitrogens with one attached hydrogen (secondary N) is 1. The van der Waals surface area contributed by atoms with Crippen LogP contribution in [0.25, 0.3) is 10.2 Å². The molecule has 22 heavy (non-hydrogen) atoms. The Morgan fingerprint density at radius 2 is 2.09 bits per heavy atom. The molecule has 0 aliphatic carbocycles. The maximum atomic E-state index is 6.07. The third kappa shape index (κ3) is 2.44. The largest absolute Gasteiger partial charge is 0.376 e. The second-order valence-corrected chi connectivity index (χ2v) is 6.86. The number of anilines is 2. The number of thiophene rings is 1. The predicted octanol–water partition coefficient (Wildman–Crippen LogP) is 4.81. The Balaban J connectivity index is 1.81. The summed E-state index contributed by atoms with van der Waals surface area (Å²) in [7, 11) is 0. The van der Waals surface area contributed by atoms with Gasteiger partial charge < -0.3 is 10.1 Å². The molecule has 1 N–H and O–H groups in total. The molecule has 1 aliphatic rings. The summed E-state index contributed by atoms with van der Waals surface area (Å²) in [5, 5.41) is 5.45. The second-order valence-electron chi connectivity index (χ2n) is 4.96. The molecule has 0 saturated carbocycles. The molecule has 0 spiro atoms. The molecule has 0 saturated heterocycles. The second kappa shape index (κ2) is 5.66. The van der Waals surface area contributed by atoms with Crippen molar-refractivity contribution < 1.29 is 4.74 Å². The molecule has 4 nitrogen and oxygen atoms in total. The van der Waals surface area contributed by atoms with Crippen molar-refractivity contribution >= 4 is 56.3 Å². The highest BCUT2D eigenvalue weighted by Gasteiger charge is 2.20. The van der Waals surface area contributed by atoms with Crippen LogP contribution in [0.15, 0.2) is 24.5 Å². The van der Waals surface area contributed by atoms with E-state index in [1.807, 2.05) is 6.07 Å². The summed E-state index contributed by atoms with van der Waals surface area (Å²) in [6.07, 6.45) is 2.46. The van der Waals surface area contributed by atoms with Crippen molar-refractivity contribution in [3.8, 4) is 0 Å². The highest BCUT2D eigenvalue weighted by atomic mass is 35.5. The van der Waals surface area contributed by atoms with Gasteiger partial charge in [-0.15, -0.1) is 11.3 Å². The van der Waals surface area contributed by atoms with Crippen molar-refractivity contribution in [3.05, 3.63) is 45.0 Å². The minimum Gasteiger partial charge on any atom is -0.376 e. The van der Waals surface area contributed by atoms with Crippen LogP contribution in [0, 0.1) is 0 Å². The number of ether oxygens (including phenoxy) is 1. The molecule has 3 aromatic rings. The Hall–Kier alpha value is -1.40. The summed E-state index contributed by atoms with van der Waals surface area (Å²) in [5.41, 5.74) is 2.14. The summed E-state index contributed by atoms with van der Waals surface area (Å²) in [6, 6.07) is 5.44. The number of hydrogen-bond acceptors (Lipinski definition) is 5. The third-order valence-electron chi connectivity index (χ3n) is 3.58. The number of nitrogens with zero attached hydrogens (tertiary/aromatic N) is 2. The van der Waals surface area contributed by atoms with Gasteiger partial charge in [-0.2, -0.15) is 0 Å². The van der Waals surface area contributed by atoms with Gasteiger partial charge in [0.15, 0.2) is 0 Å². The van der Waals surface area contributed by atoms with Gasteiger partial charge >= 0.3 is 0 Å². The van der Waals surface area contributed by atoms with E-state index >= 15 is 0 Å². The lowest BCUT2D eigenvalue weighted by Gasteiger charge is -2.13. The Morgan fingerprint density at radius 1 is 1.18 bits per heavy atom. The minimum atomic E-state index is 0.512. The van der Waals surface area contributed by atoms with Crippen molar-refractivity contribution in [2.75, 3.05) is 11.9 Å². The third-order valence-corrected chi connectivity index (χ3v) is 5.44. The normalized spacial score (nSPS) is 14.1. The molecular formula is C15H11Cl2N3OS. The van der Waals surface area contributed by atoms with Crippen molar-refractivity contribution in [2.24, 2.45) is 0 Å². The zero-order valence-electron chi connectivity index (χ0n) is 11.4. The van der Waals surface area contributed by atoms with Crippen molar-refractivity contribution in [2.45, 2.75) is 13.0 Å². The summed E-state index contributed by atoms with van der Waals surface area (Å²) in [6.45, 7) is 1.39. The first-order valence-electron chi connectivity index (χ1n) is 6.77. The van der Waals surface area contributed by atoms with Crippen molar-refractivity contribution in [1.29, 1.82) is 0 Å². The lowest BCUT2D eigenvalue weighted by molar-refractivity contribution is 0.114. The highest BCUT2D eigenvalue weighted by molar-refractivity contribution is 7.18. The SMILES string of the molecule is Clc1ccc(Nc2ncnc3sc4c(c23)CCOC4)cc1Cl. The Kier molecular flexibility index (Phi) is 3.66. The lowest BCUT2D eigenvalue weighted by atomic mass is 10.1. The first-order chi connectivity index (χ1) is 10.7. The number of fused-ring (bicyclic) bond motifs is 3. The van der Waals surface area contributed by atoms with Gasteiger partial charge in [0.25, 0.3) is 0 Å². The van der Waals surface area contributed by atoms with E-state index in [2.05, 4.69) is 15.3 Å². The molecule has 2 aromatic heterocycles. The standard InChI is InChI=1S/C15H11Cl2N3OS/c16-10-2-1-8(5-11(10)17)20-14-13-9-3-4-21-6-12(9)22-15(13)19-7-18-14/h1-2,5,7H,3-4,6H2,(H,18,19,20). The maximum absolute atomic E-state index is 6.07. The molecular weight excluding hydrogens is 341 g/mol. The van der Waals surface area contributed by atoms with Gasteiger partial charge in [-0.25, -0.2) is 9.97 Å². The van der Waals surface area contributed by atoms with Crippen LogP contribution >= 0.6 is 34.5 Å². The van der Waals surface area contributed by atoms with Gasteiger partial charge in [-0.05, 0) is 30.2 Å². The van der Waals surface area contributed by atoms with E-state index in [9.17, 15) is 0 Å². The molecule has 1 aromatic carbocycles. The van der Waals surface area contributed by atoms with Gasteiger partial charge in [-0.3, -0.25) is 0 Å². The van der Waals surface area contributed by atoms with E-state index < -0.39 is 0 Å². The molecule has 0 fully saturated rings. The molecule has 3 heterocycles. The fourth-order valence-electron chi connectivity index (χ4n) is 2.56. The zero-order chi connectivity index (χ0) is 15.1. The van der Waals surface area contributed by atoms with Crippen LogP contribution in [0.2, 0.25) is 10.0 Å². The van der Waals surface area contributed by atoms with E-state index in [0.717, 1.165) is 34.7 Å². The number of rotatable bonds is 2. The molecule has 4 rings (SSSR count). The van der Waals surface area contributed by atoms with Crippen LogP contribution in [-0.2, 0) is 17.8 Å². The Bertz CT molecular complexity index is 865. The lowest BCUT2D eigenvalue weighted by Crippen LogP contribution is -2.07. The van der Waals surface area contributed by atoms with Gasteiger partial charge in [0.1, 0.15) is 17.0 Å². The summed E-state index contributed by atoms with van der Waals surface area (Å²) in [4.78, 5) is 11.0. The van der Waals surface area contributed by atoms with Crippen LogP contribution in [-0.4, -0.2) is 16.6 Å². The van der Waals surface area contributed by atoms with E-state index in [-0.39, 0.29) is 0 Å². The van der Waals surface area contributed by atoms with Gasteiger partial charge in [0, 0.05) is 10.6 Å². The molecule has 1 aliphatic heterocycles. The van der Waals surface area contributed by atoms with Gasteiger partial charge in [0.05, 0.1) is 28.6 Å². The average Bonchev–Trinajstić information content (AvgIpc) is 2.90. The average molecular weight is 352 g/mol. The van der Waals surface area contributed by atoms with E-state index in [0.29, 0.717) is 16.7 Å². The topological polar surface area (TPSA) is 47.0 Å². The summed E-state index contributed by atoms with van der Waals surface area (Å²) in [5.74, 6) is 0.794. The monoisotopic (exact) mass is 351 g/mol. The first-order valence-corrected chi connectivity index (χ1v) is 8.34. The molecule has 0 bridgehead atoms. The summed E-state index contributed by atoms with van der Waals surface area (Å²) < 4.78 is 5.52. The van der Waals surface area contributed by atoms with Crippen LogP contribution < -0.4 is 5.32 Å². The molecule has 0 radical (unpaired) electrons. The smallest absolute Gasteiger partial charge is 0.142 e. The number of halogens is 2. The van der Waals surface area contributed by atoms with Gasteiger partial charge in [0.2, 0.25) is 0 Å². The van der Waals surface area contributed by atoms with E-state index in [1.54, 1.807) is 29.8 Å². The van der Waals surface area contributed by atoms with Crippen LogP contribution in [0.4, 0.5) is 11.5 Å². The first kappa shape index (κ1) is 14.2. The molecule has 0 amide bonds. The van der Waals surface area contributed by atoms with Crippen LogP contribution in [0.5, 0.6) is 0 Å². The van der Waals surface area contributed by atoms with Crippen LogP contribution in [0.1, 0.15) is 10.4 Å². The van der Waals surface area contributed by atoms with Crippen LogP contribution in [0.3, 0.4) is 0 Å². The quantitative estimate of drug-likeness (QED) is 0.719. The van der Waals surface area contributed by atoms with Crippen molar-refractivity contribution in [3.63, 3.8) is 0 Å². The molecule has 7 heteroatoms. The van der Waals surface area contributed by atoms with Gasteiger partial charge in [-0.1, -0.05) is 23.2 Å². The molecule has 0 atom stereocenters. The highest BCUT2D eigenvalue weighted by Crippen LogP contribution is 2.37. The van der Waals surface area contributed by atoms with E-state index in [4.69, 9.17) is 27.9 Å². The Labute approximate surface area is 141 Å². The number of aromatic nitrogens is 2. The van der Waals surface area contributed by atoms with Crippen molar-refractivity contribution in [1.82, 2.24) is 9.97 Å². The minimum absolute atomic E-state index is 0.512. The van der Waals surface area contributed by atoms with E-state index in [1.165, 1.54) is 10.4 Å². The molecule has 112 valence electrons. The predicted molar refractivity (Wildman–Crippen MR) is 90.5 cm³/mol. The fourth-order valence-corrected chi connectivity index (χ4v) is 3.98. The molecule has 0 unspecified atom stereocenters. The summed E-state index contributed by atoms with van der Waals surface area (Å²) >= 11 is 13.7. The fraction of sp³-hybridized carbons (Fsp3) is 0.200. The number of hydrogen-bond donors (Lipinski definition) is 1. The number of benzene rings is 1.